The van der Waals surface area contributed by atoms with Crippen LogP contribution in [0.3, 0.4) is 0 Å². The van der Waals surface area contributed by atoms with Crippen LogP contribution in [0.5, 0.6) is 0 Å². The third-order valence-corrected chi connectivity index (χ3v) is 4.80. The minimum atomic E-state index is 0.655. The van der Waals surface area contributed by atoms with Crippen LogP contribution in [0.15, 0.2) is 4.99 Å². The van der Waals surface area contributed by atoms with Gasteiger partial charge in [-0.15, -0.1) is 0 Å². The quantitative estimate of drug-likeness (QED) is 0.612. The number of hydrogen-bond donors (Lipinski definition) is 1. The first-order valence-electron chi connectivity index (χ1n) is 8.37. The van der Waals surface area contributed by atoms with Crippen molar-refractivity contribution in [3.63, 3.8) is 0 Å². The molecule has 0 amide bonds. The molecule has 0 aromatic carbocycles. The van der Waals surface area contributed by atoms with Gasteiger partial charge in [0.15, 0.2) is 5.96 Å². The van der Waals surface area contributed by atoms with Crippen LogP contribution in [-0.4, -0.2) is 76.3 Å². The highest BCUT2D eigenvalue weighted by atomic mass is 16.5. The zero-order valence-electron chi connectivity index (χ0n) is 14.0. The van der Waals surface area contributed by atoms with Gasteiger partial charge in [0.05, 0.1) is 6.61 Å². The smallest absolute Gasteiger partial charge is 0.193 e. The second-order valence-electron chi connectivity index (χ2n) is 6.62. The highest BCUT2D eigenvalue weighted by molar-refractivity contribution is 5.79. The largest absolute Gasteiger partial charge is 0.381 e. The van der Waals surface area contributed by atoms with E-state index in [1.807, 2.05) is 7.05 Å². The van der Waals surface area contributed by atoms with Crippen molar-refractivity contribution in [1.29, 1.82) is 0 Å². The summed E-state index contributed by atoms with van der Waals surface area (Å²) in [6.07, 6.45) is 5.11. The molecule has 2 fully saturated rings. The van der Waals surface area contributed by atoms with Crippen molar-refractivity contribution in [2.24, 2.45) is 16.8 Å². The molecule has 0 radical (unpaired) electrons. The van der Waals surface area contributed by atoms with Crippen LogP contribution in [0, 0.1) is 11.8 Å². The Bertz CT molecular complexity index is 320. The summed E-state index contributed by atoms with van der Waals surface area (Å²) in [5, 5.41) is 3.52. The van der Waals surface area contributed by atoms with Gasteiger partial charge in [-0.05, 0) is 51.7 Å². The van der Waals surface area contributed by atoms with Crippen LogP contribution >= 0.6 is 0 Å². The molecule has 1 unspecified atom stereocenters. The van der Waals surface area contributed by atoms with Crippen LogP contribution in [0.25, 0.3) is 0 Å². The summed E-state index contributed by atoms with van der Waals surface area (Å²) in [5.41, 5.74) is 0. The molecule has 122 valence electrons. The average Bonchev–Trinajstić information content (AvgIpc) is 2.98. The minimum Gasteiger partial charge on any atom is -0.381 e. The normalized spacial score (nSPS) is 25.3. The number of hydrogen-bond acceptors (Lipinski definition) is 3. The highest BCUT2D eigenvalue weighted by Crippen LogP contribution is 2.18. The summed E-state index contributed by atoms with van der Waals surface area (Å²) >= 11 is 0. The molecular weight excluding hydrogens is 264 g/mol. The zero-order valence-corrected chi connectivity index (χ0v) is 14.0. The molecule has 1 atom stereocenters. The van der Waals surface area contributed by atoms with Crippen LogP contribution in [0.4, 0.5) is 0 Å². The topological polar surface area (TPSA) is 40.1 Å². The second-order valence-corrected chi connectivity index (χ2v) is 6.62. The molecule has 0 aromatic heterocycles. The summed E-state index contributed by atoms with van der Waals surface area (Å²) in [4.78, 5) is 9.08. The number of guanidine groups is 1. The van der Waals surface area contributed by atoms with E-state index in [1.165, 1.54) is 38.8 Å². The number of ether oxygens (including phenoxy) is 1. The van der Waals surface area contributed by atoms with Gasteiger partial charge in [0.25, 0.3) is 0 Å². The second kappa shape index (κ2) is 8.59. The fraction of sp³-hybridized carbons (Fsp3) is 0.938. The summed E-state index contributed by atoms with van der Waals surface area (Å²) in [6, 6.07) is 0. The molecule has 0 saturated carbocycles. The lowest BCUT2D eigenvalue weighted by molar-refractivity contribution is 0.181. The van der Waals surface area contributed by atoms with Gasteiger partial charge in [-0.2, -0.15) is 0 Å². The van der Waals surface area contributed by atoms with Crippen molar-refractivity contribution >= 4 is 5.96 Å². The van der Waals surface area contributed by atoms with Gasteiger partial charge in [0, 0.05) is 39.7 Å². The van der Waals surface area contributed by atoms with Crippen LogP contribution in [-0.2, 0) is 4.74 Å². The van der Waals surface area contributed by atoms with E-state index in [1.54, 1.807) is 0 Å². The summed E-state index contributed by atoms with van der Waals surface area (Å²) in [7, 11) is 6.22. The Morgan fingerprint density at radius 2 is 2.05 bits per heavy atom. The Hall–Kier alpha value is -0.810. The maximum atomic E-state index is 5.45. The fourth-order valence-corrected chi connectivity index (χ4v) is 3.32. The highest BCUT2D eigenvalue weighted by Gasteiger charge is 2.20. The molecule has 2 aliphatic rings. The van der Waals surface area contributed by atoms with Crippen molar-refractivity contribution in [1.82, 2.24) is 15.1 Å². The number of aliphatic imine (C=N–C) groups is 1. The molecule has 2 rings (SSSR count). The van der Waals surface area contributed by atoms with E-state index in [9.17, 15) is 0 Å². The first-order valence-corrected chi connectivity index (χ1v) is 8.37. The number of rotatable bonds is 5. The summed E-state index contributed by atoms with van der Waals surface area (Å²) in [5.74, 6) is 2.55. The van der Waals surface area contributed by atoms with Gasteiger partial charge < -0.3 is 19.9 Å². The molecule has 1 N–H and O–H groups in total. The van der Waals surface area contributed by atoms with Crippen LogP contribution in [0.2, 0.25) is 0 Å². The maximum absolute atomic E-state index is 5.45. The average molecular weight is 296 g/mol. The summed E-state index contributed by atoms with van der Waals surface area (Å²) in [6.45, 7) is 6.39. The number of piperidine rings is 1. The molecule has 0 aromatic rings. The van der Waals surface area contributed by atoms with Crippen LogP contribution in [0.1, 0.15) is 25.7 Å². The van der Waals surface area contributed by atoms with Gasteiger partial charge in [-0.25, -0.2) is 0 Å². The van der Waals surface area contributed by atoms with Crippen molar-refractivity contribution in [3.8, 4) is 0 Å². The monoisotopic (exact) mass is 296 g/mol. The third kappa shape index (κ3) is 5.47. The molecule has 2 heterocycles. The third-order valence-electron chi connectivity index (χ3n) is 4.80. The van der Waals surface area contributed by atoms with E-state index in [0.717, 1.165) is 38.2 Å². The predicted octanol–water partition coefficient (Wildman–Crippen LogP) is 1.26. The predicted molar refractivity (Wildman–Crippen MR) is 87.8 cm³/mol. The minimum absolute atomic E-state index is 0.655. The molecule has 2 saturated heterocycles. The van der Waals surface area contributed by atoms with Crippen molar-refractivity contribution < 1.29 is 4.74 Å². The fourth-order valence-electron chi connectivity index (χ4n) is 3.32. The number of nitrogens with zero attached hydrogens (tertiary/aromatic N) is 3. The molecule has 0 spiro atoms. The van der Waals surface area contributed by atoms with Crippen molar-refractivity contribution in [3.05, 3.63) is 0 Å². The van der Waals surface area contributed by atoms with E-state index in [0.29, 0.717) is 5.92 Å². The lowest BCUT2D eigenvalue weighted by atomic mass is 9.94. The molecule has 0 bridgehead atoms. The summed E-state index contributed by atoms with van der Waals surface area (Å²) < 4.78 is 5.45. The van der Waals surface area contributed by atoms with Crippen molar-refractivity contribution in [2.75, 3.05) is 60.5 Å². The van der Waals surface area contributed by atoms with E-state index >= 15 is 0 Å². The van der Waals surface area contributed by atoms with Gasteiger partial charge >= 0.3 is 0 Å². The zero-order chi connectivity index (χ0) is 15.1. The molecular formula is C16H32N4O. The Morgan fingerprint density at radius 3 is 2.67 bits per heavy atom. The molecule has 21 heavy (non-hydrogen) atoms. The maximum Gasteiger partial charge on any atom is 0.193 e. The standard InChI is InChI=1S/C16H32N4O/c1-17-16(20(3)12-15-7-11-21-13-15)18-8-4-14-5-9-19(2)10-6-14/h14-15H,4-13H2,1-3H3,(H,17,18). The van der Waals surface area contributed by atoms with Gasteiger partial charge in [-0.3, -0.25) is 4.99 Å². The molecule has 0 aliphatic carbocycles. The lowest BCUT2D eigenvalue weighted by Crippen LogP contribution is -2.42. The first kappa shape index (κ1) is 16.6. The lowest BCUT2D eigenvalue weighted by Gasteiger charge is -2.29. The first-order chi connectivity index (χ1) is 10.2. The van der Waals surface area contributed by atoms with Gasteiger partial charge in [0.1, 0.15) is 0 Å². The molecule has 5 heteroatoms. The van der Waals surface area contributed by atoms with E-state index in [-0.39, 0.29) is 0 Å². The molecule has 2 aliphatic heterocycles. The Morgan fingerprint density at radius 1 is 1.29 bits per heavy atom. The Balaban J connectivity index is 1.64. The number of likely N-dealkylation sites (tertiary alicyclic amines) is 1. The van der Waals surface area contributed by atoms with E-state index in [2.05, 4.69) is 34.2 Å². The van der Waals surface area contributed by atoms with E-state index < -0.39 is 0 Å². The Kier molecular flexibility index (Phi) is 6.77. The SMILES string of the molecule is CN=C(NCCC1CCN(C)CC1)N(C)CC1CCOC1. The molecule has 5 nitrogen and oxygen atoms in total. The van der Waals surface area contributed by atoms with Gasteiger partial charge in [-0.1, -0.05) is 0 Å². The van der Waals surface area contributed by atoms with E-state index in [4.69, 9.17) is 4.74 Å². The van der Waals surface area contributed by atoms with Gasteiger partial charge in [0.2, 0.25) is 0 Å². The van der Waals surface area contributed by atoms with Crippen molar-refractivity contribution in [2.45, 2.75) is 25.7 Å². The Labute approximate surface area is 129 Å². The van der Waals surface area contributed by atoms with Crippen LogP contribution < -0.4 is 5.32 Å². The number of nitrogens with one attached hydrogen (secondary N) is 1.